The van der Waals surface area contributed by atoms with E-state index < -0.39 is 0 Å². The zero-order valence-electron chi connectivity index (χ0n) is 16.5. The summed E-state index contributed by atoms with van der Waals surface area (Å²) in [6.45, 7) is 6.78. The van der Waals surface area contributed by atoms with E-state index in [1.807, 2.05) is 6.92 Å². The third-order valence-corrected chi connectivity index (χ3v) is 4.88. The third kappa shape index (κ3) is 8.48. The van der Waals surface area contributed by atoms with Crippen LogP contribution in [0.15, 0.2) is 18.2 Å². The van der Waals surface area contributed by atoms with Gasteiger partial charge in [-0.25, -0.2) is 0 Å². The molecule has 0 saturated carbocycles. The molecule has 1 amide bonds. The molecular weight excluding hydrogens is 330 g/mol. The van der Waals surface area contributed by atoms with E-state index in [1.54, 1.807) is 0 Å². The van der Waals surface area contributed by atoms with Gasteiger partial charge in [-0.15, -0.1) is 0 Å². The van der Waals surface area contributed by atoms with E-state index in [1.165, 1.54) is 23.8 Å². The first kappa shape index (κ1) is 22.2. The molecular formula is C21H33NO4. The van der Waals surface area contributed by atoms with Crippen molar-refractivity contribution >= 4 is 11.9 Å². The minimum atomic E-state index is -0.262. The minimum Gasteiger partial charge on any atom is -0.469 e. The van der Waals surface area contributed by atoms with Gasteiger partial charge in [0.15, 0.2) is 0 Å². The van der Waals surface area contributed by atoms with Crippen molar-refractivity contribution in [2.75, 3.05) is 7.11 Å². The van der Waals surface area contributed by atoms with Crippen molar-refractivity contribution in [3.8, 4) is 0 Å². The van der Waals surface area contributed by atoms with Crippen molar-refractivity contribution in [3.05, 3.63) is 34.9 Å². The molecule has 146 valence electrons. The van der Waals surface area contributed by atoms with Crippen LogP contribution < -0.4 is 5.73 Å². The van der Waals surface area contributed by atoms with Gasteiger partial charge in [0.2, 0.25) is 5.91 Å². The quantitative estimate of drug-likeness (QED) is 0.454. The third-order valence-electron chi connectivity index (χ3n) is 4.88. The number of ether oxygens (including phenoxy) is 2. The van der Waals surface area contributed by atoms with Gasteiger partial charge < -0.3 is 15.2 Å². The minimum absolute atomic E-state index is 0.0757. The highest BCUT2D eigenvalue weighted by atomic mass is 16.5. The van der Waals surface area contributed by atoms with E-state index in [9.17, 15) is 9.59 Å². The standard InChI is InChI=1S/C21H33NO4/c1-15(9-12-20(22)23)17(3)26-14-19-11-10-18(13-16(19)2)7-5-6-8-21(24)25-4/h10-11,13,15,17H,5-9,12,14H2,1-4H3,(H2,22,23)/t15-,17+/m0/s1. The maximum atomic E-state index is 11.1. The van der Waals surface area contributed by atoms with Crippen molar-refractivity contribution in [2.24, 2.45) is 11.7 Å². The van der Waals surface area contributed by atoms with Crippen LogP contribution >= 0.6 is 0 Å². The summed E-state index contributed by atoms with van der Waals surface area (Å²) in [6.07, 6.45) is 4.48. The second-order valence-electron chi connectivity index (χ2n) is 7.04. The van der Waals surface area contributed by atoms with Crippen LogP contribution in [-0.2, 0) is 32.1 Å². The molecule has 0 spiro atoms. The first-order valence-corrected chi connectivity index (χ1v) is 9.38. The van der Waals surface area contributed by atoms with Crippen molar-refractivity contribution in [2.45, 2.75) is 72.0 Å². The fourth-order valence-electron chi connectivity index (χ4n) is 2.77. The Hall–Kier alpha value is -1.88. The van der Waals surface area contributed by atoms with E-state index in [-0.39, 0.29) is 23.9 Å². The van der Waals surface area contributed by atoms with Crippen LogP contribution in [0.5, 0.6) is 0 Å². The Labute approximate surface area is 157 Å². The number of hydrogen-bond donors (Lipinski definition) is 1. The first-order chi connectivity index (χ1) is 12.3. The van der Waals surface area contributed by atoms with Gasteiger partial charge in [0.1, 0.15) is 0 Å². The normalized spacial score (nSPS) is 13.2. The van der Waals surface area contributed by atoms with Gasteiger partial charge in [-0.3, -0.25) is 9.59 Å². The SMILES string of the molecule is COC(=O)CCCCc1ccc(CO[C@H](C)[C@@H](C)CCC(N)=O)c(C)c1. The second kappa shape index (κ2) is 11.7. The van der Waals surface area contributed by atoms with E-state index in [4.69, 9.17) is 10.5 Å². The monoisotopic (exact) mass is 363 g/mol. The summed E-state index contributed by atoms with van der Waals surface area (Å²) in [5.41, 5.74) is 8.87. The molecule has 0 radical (unpaired) electrons. The summed E-state index contributed by atoms with van der Waals surface area (Å²) in [7, 11) is 1.42. The van der Waals surface area contributed by atoms with Crippen LogP contribution in [-0.4, -0.2) is 25.1 Å². The van der Waals surface area contributed by atoms with Crippen LogP contribution in [0.4, 0.5) is 0 Å². The number of nitrogens with two attached hydrogens (primary N) is 1. The number of methoxy groups -OCH3 is 1. The number of aryl methyl sites for hydroxylation is 2. The average molecular weight is 363 g/mol. The molecule has 0 aliphatic rings. The lowest BCUT2D eigenvalue weighted by Crippen LogP contribution is -2.21. The van der Waals surface area contributed by atoms with E-state index in [0.29, 0.717) is 19.4 Å². The Balaban J connectivity index is 2.42. The molecule has 1 aromatic carbocycles. The van der Waals surface area contributed by atoms with E-state index in [0.717, 1.165) is 25.7 Å². The number of primary amides is 1. The smallest absolute Gasteiger partial charge is 0.305 e. The zero-order valence-corrected chi connectivity index (χ0v) is 16.5. The summed E-state index contributed by atoms with van der Waals surface area (Å²) in [5, 5.41) is 0. The highest BCUT2D eigenvalue weighted by Crippen LogP contribution is 2.19. The number of carbonyl (C=O) groups excluding carboxylic acids is 2. The second-order valence-corrected chi connectivity index (χ2v) is 7.04. The van der Waals surface area contributed by atoms with Crippen molar-refractivity contribution < 1.29 is 19.1 Å². The van der Waals surface area contributed by atoms with Gasteiger partial charge in [-0.1, -0.05) is 25.1 Å². The van der Waals surface area contributed by atoms with Crippen molar-refractivity contribution in [3.63, 3.8) is 0 Å². The Morgan fingerprint density at radius 2 is 1.88 bits per heavy atom. The van der Waals surface area contributed by atoms with Gasteiger partial charge in [0, 0.05) is 12.8 Å². The van der Waals surface area contributed by atoms with Crippen LogP contribution in [0.1, 0.15) is 62.6 Å². The number of carbonyl (C=O) groups is 2. The number of amides is 1. The van der Waals surface area contributed by atoms with Crippen molar-refractivity contribution in [1.29, 1.82) is 0 Å². The first-order valence-electron chi connectivity index (χ1n) is 9.38. The lowest BCUT2D eigenvalue weighted by atomic mass is 9.99. The fraction of sp³-hybridized carbons (Fsp3) is 0.619. The Morgan fingerprint density at radius 1 is 1.15 bits per heavy atom. The molecule has 2 N–H and O–H groups in total. The molecule has 0 fully saturated rings. The van der Waals surface area contributed by atoms with Crippen LogP contribution in [0.3, 0.4) is 0 Å². The lowest BCUT2D eigenvalue weighted by molar-refractivity contribution is -0.140. The summed E-state index contributed by atoms with van der Waals surface area (Å²) in [6, 6.07) is 6.44. The molecule has 5 heteroatoms. The highest BCUT2D eigenvalue weighted by Gasteiger charge is 2.14. The number of esters is 1. The zero-order chi connectivity index (χ0) is 19.5. The lowest BCUT2D eigenvalue weighted by Gasteiger charge is -2.21. The molecule has 26 heavy (non-hydrogen) atoms. The van der Waals surface area contributed by atoms with E-state index >= 15 is 0 Å². The van der Waals surface area contributed by atoms with Crippen LogP contribution in [0, 0.1) is 12.8 Å². The summed E-state index contributed by atoms with van der Waals surface area (Å²) in [4.78, 5) is 22.0. The van der Waals surface area contributed by atoms with Gasteiger partial charge in [0.05, 0.1) is 19.8 Å². The van der Waals surface area contributed by atoms with Gasteiger partial charge >= 0.3 is 5.97 Å². The summed E-state index contributed by atoms with van der Waals surface area (Å²) < 4.78 is 10.6. The summed E-state index contributed by atoms with van der Waals surface area (Å²) >= 11 is 0. The predicted molar refractivity (Wildman–Crippen MR) is 103 cm³/mol. The topological polar surface area (TPSA) is 78.6 Å². The molecule has 1 aromatic rings. The van der Waals surface area contributed by atoms with Crippen LogP contribution in [0.25, 0.3) is 0 Å². The highest BCUT2D eigenvalue weighted by molar-refractivity contribution is 5.73. The molecule has 2 atom stereocenters. The van der Waals surface area contributed by atoms with E-state index in [2.05, 4.69) is 36.8 Å². The van der Waals surface area contributed by atoms with Crippen LogP contribution in [0.2, 0.25) is 0 Å². The maximum Gasteiger partial charge on any atom is 0.305 e. The predicted octanol–water partition coefficient (Wildman–Crippen LogP) is 3.69. The van der Waals surface area contributed by atoms with Gasteiger partial charge in [0.25, 0.3) is 0 Å². The molecule has 0 heterocycles. The molecule has 0 bridgehead atoms. The average Bonchev–Trinajstić information content (AvgIpc) is 2.61. The molecule has 1 rings (SSSR count). The molecule has 0 saturated heterocycles. The maximum absolute atomic E-state index is 11.1. The van der Waals surface area contributed by atoms with Gasteiger partial charge in [-0.2, -0.15) is 0 Å². The Morgan fingerprint density at radius 3 is 2.50 bits per heavy atom. The molecule has 0 aromatic heterocycles. The molecule has 0 aliphatic heterocycles. The largest absolute Gasteiger partial charge is 0.469 e. The molecule has 0 unspecified atom stereocenters. The van der Waals surface area contributed by atoms with Crippen molar-refractivity contribution in [1.82, 2.24) is 0 Å². The Kier molecular flexibility index (Phi) is 9.96. The number of rotatable bonds is 12. The number of benzene rings is 1. The van der Waals surface area contributed by atoms with Gasteiger partial charge in [-0.05, 0) is 62.1 Å². The number of hydrogen-bond acceptors (Lipinski definition) is 4. The fourth-order valence-corrected chi connectivity index (χ4v) is 2.77. The Bertz CT molecular complexity index is 585. The summed E-state index contributed by atoms with van der Waals surface area (Å²) in [5.74, 6) is -0.119. The molecule has 5 nitrogen and oxygen atoms in total. The number of unbranched alkanes of at least 4 members (excludes halogenated alkanes) is 1. The molecule has 0 aliphatic carbocycles.